The summed E-state index contributed by atoms with van der Waals surface area (Å²) in [5.74, 6) is 0. The fourth-order valence-corrected chi connectivity index (χ4v) is 9.08. The number of hydrogen-bond donors (Lipinski definition) is 0. The number of thiophene rings is 1. The largest absolute Gasteiger partial charge is 1.00 e. The van der Waals surface area contributed by atoms with Crippen LogP contribution in [0, 0.1) is 6.92 Å². The Bertz CT molecular complexity index is 449. The molecule has 1 aliphatic rings. The molecular weight excluding hydrogens is 323 g/mol. The van der Waals surface area contributed by atoms with E-state index in [9.17, 15) is 0 Å². The first kappa shape index (κ1) is 17.7. The van der Waals surface area contributed by atoms with Crippen LogP contribution < -0.4 is 29.3 Å². The van der Waals surface area contributed by atoms with Crippen LogP contribution in [-0.2, 0) is 20.4 Å². The van der Waals surface area contributed by atoms with Crippen molar-refractivity contribution in [1.29, 1.82) is 0 Å². The average molecular weight is 338 g/mol. The molecule has 0 N–H and O–H groups in total. The molecule has 5 heteroatoms. The third kappa shape index (κ3) is 3.37. The zero-order valence-electron chi connectivity index (χ0n) is 10.2. The Kier molecular flexibility index (Phi) is 7.01. The van der Waals surface area contributed by atoms with Gasteiger partial charge in [0.1, 0.15) is 0 Å². The fraction of sp³-hybridized carbons (Fsp3) is 0.333. The van der Waals surface area contributed by atoms with Gasteiger partial charge in [0.25, 0.3) is 0 Å². The van der Waals surface area contributed by atoms with Crippen LogP contribution in [0.4, 0.5) is 0 Å². The van der Waals surface area contributed by atoms with Crippen LogP contribution in [-0.4, -0.2) is 8.07 Å². The minimum atomic E-state index is -1.39. The molecule has 1 aliphatic carbocycles. The topological polar surface area (TPSA) is 0 Å². The number of aryl methyl sites for hydroxylation is 1. The van der Waals surface area contributed by atoms with E-state index in [2.05, 4.69) is 64.1 Å². The predicted octanol–water partition coefficient (Wildman–Crippen LogP) is -2.72. The van der Waals surface area contributed by atoms with Gasteiger partial charge in [0.15, 0.2) is 0 Å². The molecule has 0 aliphatic heterocycles. The van der Waals surface area contributed by atoms with Gasteiger partial charge in [-0.3, -0.25) is 0 Å². The summed E-state index contributed by atoms with van der Waals surface area (Å²) in [7, 11) is -1.39. The maximum absolute atomic E-state index is 2.47. The van der Waals surface area contributed by atoms with Crippen LogP contribution in [0.15, 0.2) is 32.7 Å². The van der Waals surface area contributed by atoms with Gasteiger partial charge in [-0.1, -0.05) is 0 Å². The SMILES string of the molecule is Cc1ccsc1[Si](C)(C)C1=[C]([Ti+2])CC=C1.[Cl-].[Cl-]. The molecule has 0 saturated carbocycles. The fourth-order valence-electron chi connectivity index (χ4n) is 2.23. The molecule has 0 radical (unpaired) electrons. The summed E-state index contributed by atoms with van der Waals surface area (Å²) in [6.45, 7) is 7.19. The van der Waals surface area contributed by atoms with Gasteiger partial charge >= 0.3 is 109 Å². The van der Waals surface area contributed by atoms with Gasteiger partial charge in [-0.25, -0.2) is 0 Å². The molecule has 2 rings (SSSR count). The molecule has 91 valence electrons. The van der Waals surface area contributed by atoms with E-state index >= 15 is 0 Å². The smallest absolute Gasteiger partial charge is 1.00 e. The van der Waals surface area contributed by atoms with Crippen molar-refractivity contribution in [2.45, 2.75) is 26.4 Å². The van der Waals surface area contributed by atoms with E-state index in [4.69, 9.17) is 0 Å². The molecule has 0 fully saturated rings. The standard InChI is InChI=1S/C12H15SSi.2ClH.Ti/c1-10-8-9-13-12(10)14(2,3)11-6-4-5-7-11;;;/h4,6,8-9H,5H2,1-3H3;2*1H;/q;;;+2/p-2. The Labute approximate surface area is 133 Å². The van der Waals surface area contributed by atoms with E-state index in [1.54, 1.807) is 13.6 Å². The normalized spacial score (nSPS) is 14.6. The minimum Gasteiger partial charge on any atom is -1.00 e. The Morgan fingerprint density at radius 3 is 2.35 bits per heavy atom. The molecule has 1 aromatic heterocycles. The van der Waals surface area contributed by atoms with E-state index in [1.165, 1.54) is 5.56 Å². The van der Waals surface area contributed by atoms with Gasteiger partial charge < -0.3 is 24.8 Å². The zero-order chi connectivity index (χ0) is 11.1. The quantitative estimate of drug-likeness (QED) is 0.514. The first-order chi connectivity index (χ1) is 7.03. The summed E-state index contributed by atoms with van der Waals surface area (Å²) in [4.78, 5) is 0. The molecule has 0 nitrogen and oxygen atoms in total. The maximum atomic E-state index is 2.47. The number of allylic oxidation sites excluding steroid dienone is 4. The molecule has 17 heavy (non-hydrogen) atoms. The molecule has 0 unspecified atom stereocenters. The van der Waals surface area contributed by atoms with Crippen LogP contribution >= 0.6 is 11.3 Å². The van der Waals surface area contributed by atoms with Gasteiger partial charge in [0, 0.05) is 0 Å². The maximum Gasteiger partial charge on any atom is -1.00 e. The van der Waals surface area contributed by atoms with Gasteiger partial charge in [0.05, 0.1) is 0 Å². The Balaban J connectivity index is 0.00000128. The molecule has 0 atom stereocenters. The van der Waals surface area contributed by atoms with E-state index in [0.717, 1.165) is 6.42 Å². The molecule has 0 saturated heterocycles. The van der Waals surface area contributed by atoms with Crippen molar-refractivity contribution < 1.29 is 45.2 Å². The number of hydrogen-bond acceptors (Lipinski definition) is 1. The van der Waals surface area contributed by atoms with Crippen molar-refractivity contribution >= 4 is 23.9 Å². The van der Waals surface area contributed by atoms with Gasteiger partial charge in [0.2, 0.25) is 0 Å². The Hall–Kier alpha value is 0.691. The molecule has 1 heterocycles. The van der Waals surface area contributed by atoms with E-state index in [0.29, 0.717) is 0 Å². The third-order valence-corrected chi connectivity index (χ3v) is 10.2. The first-order valence-electron chi connectivity index (χ1n) is 5.20. The van der Waals surface area contributed by atoms with Crippen molar-refractivity contribution in [3.63, 3.8) is 0 Å². The second-order valence-corrected chi connectivity index (χ2v) is 11.1. The summed E-state index contributed by atoms with van der Waals surface area (Å²) in [5, 5.41) is 3.88. The van der Waals surface area contributed by atoms with Gasteiger partial charge in [-0.05, 0) is 0 Å². The summed E-state index contributed by atoms with van der Waals surface area (Å²) >= 11 is 4.22. The Morgan fingerprint density at radius 1 is 1.29 bits per heavy atom. The van der Waals surface area contributed by atoms with Crippen molar-refractivity contribution in [3.05, 3.63) is 38.2 Å². The third-order valence-electron chi connectivity index (χ3n) is 3.03. The van der Waals surface area contributed by atoms with Crippen molar-refractivity contribution in [2.75, 3.05) is 0 Å². The monoisotopic (exact) mass is 337 g/mol. The van der Waals surface area contributed by atoms with Crippen LogP contribution in [0.1, 0.15) is 12.0 Å². The Morgan fingerprint density at radius 2 is 1.94 bits per heavy atom. The molecule has 0 bridgehead atoms. The summed E-state index contributed by atoms with van der Waals surface area (Å²) < 4.78 is 3.22. The van der Waals surface area contributed by atoms with Crippen LogP contribution in [0.2, 0.25) is 13.1 Å². The van der Waals surface area contributed by atoms with E-state index in [-0.39, 0.29) is 24.8 Å². The molecule has 0 amide bonds. The average Bonchev–Trinajstić information content (AvgIpc) is 2.73. The second kappa shape index (κ2) is 6.74. The predicted molar refractivity (Wildman–Crippen MR) is 67.0 cm³/mol. The molecule has 0 spiro atoms. The number of halogens is 2. The van der Waals surface area contributed by atoms with Crippen molar-refractivity contribution in [2.24, 2.45) is 0 Å². The first-order valence-corrected chi connectivity index (χ1v) is 9.86. The summed E-state index contributed by atoms with van der Waals surface area (Å²) in [6, 6.07) is 2.25. The van der Waals surface area contributed by atoms with Crippen molar-refractivity contribution in [1.82, 2.24) is 0 Å². The van der Waals surface area contributed by atoms with Crippen LogP contribution in [0.25, 0.3) is 0 Å². The van der Waals surface area contributed by atoms with Crippen molar-refractivity contribution in [3.8, 4) is 0 Å². The second-order valence-electron chi connectivity index (χ2n) is 4.56. The molecule has 0 aromatic carbocycles. The van der Waals surface area contributed by atoms with Crippen LogP contribution in [0.5, 0.6) is 0 Å². The van der Waals surface area contributed by atoms with Gasteiger partial charge in [-0.2, -0.15) is 0 Å². The van der Waals surface area contributed by atoms with E-state index in [1.807, 2.05) is 11.3 Å². The summed E-state index contributed by atoms with van der Waals surface area (Å²) in [6.07, 6.45) is 5.83. The number of rotatable bonds is 2. The molecule has 1 aromatic rings. The summed E-state index contributed by atoms with van der Waals surface area (Å²) in [5.41, 5.74) is 1.48. The minimum absolute atomic E-state index is 0. The van der Waals surface area contributed by atoms with E-state index < -0.39 is 8.07 Å². The van der Waals surface area contributed by atoms with Crippen LogP contribution in [0.3, 0.4) is 0 Å². The zero-order valence-corrected chi connectivity index (χ0v) is 15.1. The van der Waals surface area contributed by atoms with Gasteiger partial charge in [-0.15, -0.1) is 0 Å². The molecular formula is C12H15Cl2SSiTi.